The molecule has 2 saturated heterocycles. The summed E-state index contributed by atoms with van der Waals surface area (Å²) in [4.78, 5) is 28.8. The van der Waals surface area contributed by atoms with E-state index in [9.17, 15) is 22.4 Å². The van der Waals surface area contributed by atoms with Gasteiger partial charge in [0.25, 0.3) is 0 Å². The van der Waals surface area contributed by atoms with Crippen LogP contribution in [0.5, 0.6) is 0 Å². The zero-order valence-corrected chi connectivity index (χ0v) is 27.4. The number of nitrogens with zero attached hydrogens (tertiary/aromatic N) is 1. The summed E-state index contributed by atoms with van der Waals surface area (Å²) in [6.45, 7) is 2.09. The minimum atomic E-state index is -3.70. The Morgan fingerprint density at radius 3 is 2.57 bits per heavy atom. The first-order chi connectivity index (χ1) is 20.0. The molecule has 230 valence electrons. The Hall–Kier alpha value is -1.90. The van der Waals surface area contributed by atoms with E-state index in [-0.39, 0.29) is 32.0 Å². The van der Waals surface area contributed by atoms with Gasteiger partial charge in [0.1, 0.15) is 17.9 Å². The number of rotatable bonds is 12. The van der Waals surface area contributed by atoms with Crippen molar-refractivity contribution in [1.82, 2.24) is 20.3 Å². The van der Waals surface area contributed by atoms with Crippen molar-refractivity contribution in [2.75, 3.05) is 25.9 Å². The summed E-state index contributed by atoms with van der Waals surface area (Å²) in [5, 5.41) is 6.23. The van der Waals surface area contributed by atoms with E-state index in [1.54, 1.807) is 12.1 Å². The first kappa shape index (κ1) is 33.0. The van der Waals surface area contributed by atoms with Gasteiger partial charge in [-0.15, -0.1) is 0 Å². The summed E-state index contributed by atoms with van der Waals surface area (Å²) in [7, 11) is -3.70. The van der Waals surface area contributed by atoms with Crippen molar-refractivity contribution in [1.29, 1.82) is 0 Å². The summed E-state index contributed by atoms with van der Waals surface area (Å²) in [6, 6.07) is 10.3. The van der Waals surface area contributed by atoms with Crippen LogP contribution in [0.1, 0.15) is 43.2 Å². The highest BCUT2D eigenvalue weighted by Crippen LogP contribution is 2.27. The SMILES string of the molecule is CS(=O)(=O)N[C@H](CCC1CCNCC1)C(=O)N1C[C@H](OCc2ccc(Br)cc2F)C[C@H]1C(=O)NCc1ccccc1Br. The van der Waals surface area contributed by atoms with Crippen LogP contribution >= 0.6 is 31.9 Å². The lowest BCUT2D eigenvalue weighted by molar-refractivity contribution is -0.140. The van der Waals surface area contributed by atoms with Gasteiger partial charge < -0.3 is 20.3 Å². The van der Waals surface area contributed by atoms with Gasteiger partial charge in [0.2, 0.25) is 21.8 Å². The van der Waals surface area contributed by atoms with Crippen LogP contribution in [0.4, 0.5) is 4.39 Å². The molecule has 42 heavy (non-hydrogen) atoms. The van der Waals surface area contributed by atoms with Crippen LogP contribution in [0.25, 0.3) is 0 Å². The zero-order valence-electron chi connectivity index (χ0n) is 23.5. The molecule has 2 amide bonds. The van der Waals surface area contributed by atoms with Gasteiger partial charge in [0, 0.05) is 34.0 Å². The molecule has 0 spiro atoms. The molecular weight excluding hydrogens is 695 g/mol. The Kier molecular flexibility index (Phi) is 11.9. The molecule has 3 atom stereocenters. The first-order valence-electron chi connectivity index (χ1n) is 14.1. The molecule has 9 nitrogen and oxygen atoms in total. The molecular formula is C29H37Br2FN4O5S. The maximum absolute atomic E-state index is 14.4. The molecule has 3 N–H and O–H groups in total. The van der Waals surface area contributed by atoms with Gasteiger partial charge in [-0.05, 0) is 68.5 Å². The number of piperidine rings is 1. The first-order valence-corrected chi connectivity index (χ1v) is 17.5. The number of hydrogen-bond donors (Lipinski definition) is 3. The Bertz CT molecular complexity index is 1360. The highest BCUT2D eigenvalue weighted by atomic mass is 79.9. The smallest absolute Gasteiger partial charge is 0.243 e. The molecule has 2 aromatic rings. The normalized spacial score (nSPS) is 20.4. The summed E-state index contributed by atoms with van der Waals surface area (Å²) in [6.07, 6.45) is 3.63. The number of halogens is 3. The molecule has 13 heteroatoms. The minimum absolute atomic E-state index is 0.0299. The number of benzene rings is 2. The van der Waals surface area contributed by atoms with Gasteiger partial charge in [-0.1, -0.05) is 56.1 Å². The molecule has 4 rings (SSSR count). The van der Waals surface area contributed by atoms with Gasteiger partial charge in [-0.2, -0.15) is 0 Å². The standard InChI is InChI=1S/C29H37Br2FN4O5S/c1-42(39,40)35-26(9-6-19-10-12-33-13-11-19)29(38)36-17-23(41-18-21-7-8-22(30)14-25(21)32)15-27(36)28(37)34-16-20-4-2-3-5-24(20)31/h2-5,7-8,14,19,23,26-27,33,35H,6,9-13,15-18H2,1H3,(H,34,37)/t23-,26-,27+/m1/s1. The monoisotopic (exact) mass is 730 g/mol. The lowest BCUT2D eigenvalue weighted by atomic mass is 9.91. The van der Waals surface area contributed by atoms with Crippen molar-refractivity contribution in [3.8, 4) is 0 Å². The molecule has 0 aliphatic carbocycles. The Morgan fingerprint density at radius 1 is 1.14 bits per heavy atom. The quantitative estimate of drug-likeness (QED) is 0.306. The minimum Gasteiger partial charge on any atom is -0.371 e. The van der Waals surface area contributed by atoms with Gasteiger partial charge in [-0.25, -0.2) is 17.5 Å². The predicted octanol–water partition coefficient (Wildman–Crippen LogP) is 3.85. The summed E-state index contributed by atoms with van der Waals surface area (Å²) >= 11 is 6.73. The molecule has 0 aromatic heterocycles. The molecule has 2 heterocycles. The van der Waals surface area contributed by atoms with Gasteiger partial charge in [0.05, 0.1) is 19.0 Å². The van der Waals surface area contributed by atoms with E-state index in [0.29, 0.717) is 28.8 Å². The number of sulfonamides is 1. The lowest BCUT2D eigenvalue weighted by Crippen LogP contribution is -2.53. The number of nitrogens with one attached hydrogen (secondary N) is 3. The third kappa shape index (κ3) is 9.55. The van der Waals surface area contributed by atoms with Gasteiger partial charge in [-0.3, -0.25) is 9.59 Å². The maximum atomic E-state index is 14.4. The Labute approximate surface area is 263 Å². The van der Waals surface area contributed by atoms with Crippen LogP contribution in [0.3, 0.4) is 0 Å². The molecule has 2 aromatic carbocycles. The van der Waals surface area contributed by atoms with Crippen LogP contribution in [0.2, 0.25) is 0 Å². The number of carbonyl (C=O) groups is 2. The van der Waals surface area contributed by atoms with Crippen molar-refractivity contribution >= 4 is 53.7 Å². The number of ether oxygens (including phenoxy) is 1. The molecule has 0 saturated carbocycles. The van der Waals surface area contributed by atoms with E-state index in [2.05, 4.69) is 47.2 Å². The van der Waals surface area contributed by atoms with Crippen LogP contribution in [0, 0.1) is 11.7 Å². The van der Waals surface area contributed by atoms with Crippen molar-refractivity contribution in [3.05, 3.63) is 68.4 Å². The molecule has 2 fully saturated rings. The van der Waals surface area contributed by atoms with Gasteiger partial charge >= 0.3 is 0 Å². The Balaban J connectivity index is 1.50. The molecule has 2 aliphatic rings. The van der Waals surface area contributed by atoms with Crippen molar-refractivity contribution < 1.29 is 27.1 Å². The third-order valence-electron chi connectivity index (χ3n) is 7.73. The number of carbonyl (C=O) groups excluding carboxylic acids is 2. The Morgan fingerprint density at radius 2 is 1.88 bits per heavy atom. The average molecular weight is 733 g/mol. The van der Waals surface area contributed by atoms with Crippen LogP contribution in [-0.4, -0.2) is 69.2 Å². The fourth-order valence-corrected chi connectivity index (χ4v) is 6.96. The van der Waals surface area contributed by atoms with Crippen LogP contribution < -0.4 is 15.4 Å². The maximum Gasteiger partial charge on any atom is 0.243 e. The lowest BCUT2D eigenvalue weighted by Gasteiger charge is -2.30. The molecule has 2 aliphatic heterocycles. The summed E-state index contributed by atoms with van der Waals surface area (Å²) < 4.78 is 48.9. The third-order valence-corrected chi connectivity index (χ3v) is 9.71. The van der Waals surface area contributed by atoms with Crippen molar-refractivity contribution in [3.63, 3.8) is 0 Å². The molecule has 0 radical (unpaired) electrons. The van der Waals surface area contributed by atoms with E-state index in [0.717, 1.165) is 42.2 Å². The largest absolute Gasteiger partial charge is 0.371 e. The van der Waals surface area contributed by atoms with E-state index in [1.807, 2.05) is 24.3 Å². The second-order valence-corrected chi connectivity index (χ2v) is 14.5. The topological polar surface area (TPSA) is 117 Å². The zero-order chi connectivity index (χ0) is 30.3. The van der Waals surface area contributed by atoms with Crippen LogP contribution in [-0.2, 0) is 37.5 Å². The second-order valence-electron chi connectivity index (χ2n) is 10.9. The number of likely N-dealkylation sites (tertiary alicyclic amines) is 1. The average Bonchev–Trinajstić information content (AvgIpc) is 3.38. The van der Waals surface area contributed by atoms with Gasteiger partial charge in [0.15, 0.2) is 0 Å². The number of amides is 2. The summed E-state index contributed by atoms with van der Waals surface area (Å²) in [5.41, 5.74) is 1.23. The predicted molar refractivity (Wildman–Crippen MR) is 165 cm³/mol. The molecule has 0 unspecified atom stereocenters. The van der Waals surface area contributed by atoms with E-state index < -0.39 is 39.9 Å². The van der Waals surface area contributed by atoms with E-state index >= 15 is 0 Å². The van der Waals surface area contributed by atoms with Crippen molar-refractivity contribution in [2.24, 2.45) is 5.92 Å². The fourth-order valence-electron chi connectivity index (χ4n) is 5.46. The van der Waals surface area contributed by atoms with E-state index in [4.69, 9.17) is 4.74 Å². The highest BCUT2D eigenvalue weighted by Gasteiger charge is 2.42. The summed E-state index contributed by atoms with van der Waals surface area (Å²) in [5.74, 6) is -0.858. The molecule has 0 bridgehead atoms. The van der Waals surface area contributed by atoms with Crippen molar-refractivity contribution in [2.45, 2.75) is 63.4 Å². The second kappa shape index (κ2) is 15.2. The number of hydrogen-bond acceptors (Lipinski definition) is 6. The van der Waals surface area contributed by atoms with Crippen LogP contribution in [0.15, 0.2) is 51.4 Å². The highest BCUT2D eigenvalue weighted by molar-refractivity contribution is 9.10. The fraction of sp³-hybridized carbons (Fsp3) is 0.517. The van der Waals surface area contributed by atoms with E-state index in [1.165, 1.54) is 11.0 Å².